The fourth-order valence-electron chi connectivity index (χ4n) is 0.632. The zero-order chi connectivity index (χ0) is 7.98. The van der Waals surface area contributed by atoms with Gasteiger partial charge in [0.15, 0.2) is 0 Å². The minimum Gasteiger partial charge on any atom is -0.480 e. The van der Waals surface area contributed by atoms with Gasteiger partial charge in [0.1, 0.15) is 6.04 Å². The molecule has 7 N–H and O–H groups in total. The van der Waals surface area contributed by atoms with Crippen LogP contribution in [0, 0.1) is 0 Å². The topological polar surface area (TPSA) is 121 Å². The molecule has 0 fully saturated rings. The number of carbonyl (C=O) groups is 1. The van der Waals surface area contributed by atoms with Gasteiger partial charge in [0.25, 0.3) is 0 Å². The van der Waals surface area contributed by atoms with E-state index >= 15 is 0 Å². The van der Waals surface area contributed by atoms with E-state index in [1.807, 2.05) is 0 Å². The maximum Gasteiger partial charge on any atom is 0.320 e. The summed E-state index contributed by atoms with van der Waals surface area (Å²) in [4.78, 5) is 10.1. The van der Waals surface area contributed by atoms with E-state index in [0.29, 0.717) is 13.0 Å². The summed E-state index contributed by atoms with van der Waals surface area (Å²) in [5.74, 6) is -0.933. The average molecular weight is 164 g/mol. The summed E-state index contributed by atoms with van der Waals surface area (Å²) in [6.45, 7) is 0.604. The van der Waals surface area contributed by atoms with Crippen LogP contribution in [0.5, 0.6) is 0 Å². The maximum atomic E-state index is 10.1. The van der Waals surface area contributed by atoms with Crippen LogP contribution < -0.4 is 11.5 Å². The highest BCUT2D eigenvalue weighted by Crippen LogP contribution is 1.96. The summed E-state index contributed by atoms with van der Waals surface area (Å²) >= 11 is 0. The van der Waals surface area contributed by atoms with Crippen LogP contribution in [0.2, 0.25) is 0 Å². The van der Waals surface area contributed by atoms with Crippen molar-refractivity contribution in [1.82, 2.24) is 0 Å². The number of unbranched alkanes of at least 4 members (excludes halogenated alkanes) is 1. The molecule has 0 saturated carbocycles. The van der Waals surface area contributed by atoms with Gasteiger partial charge in [-0.25, -0.2) is 0 Å². The fraction of sp³-hybridized carbons (Fsp3) is 0.833. The first-order chi connectivity index (χ1) is 4.68. The number of rotatable bonds is 5. The van der Waals surface area contributed by atoms with E-state index in [1.54, 1.807) is 0 Å². The lowest BCUT2D eigenvalue weighted by molar-refractivity contribution is -0.138. The van der Waals surface area contributed by atoms with Crippen LogP contribution in [-0.2, 0) is 4.79 Å². The van der Waals surface area contributed by atoms with E-state index in [0.717, 1.165) is 12.8 Å². The monoisotopic (exact) mass is 164 g/mol. The largest absolute Gasteiger partial charge is 0.480 e. The first-order valence-electron chi connectivity index (χ1n) is 3.37. The minimum atomic E-state index is -0.933. The molecule has 0 radical (unpaired) electrons. The van der Waals surface area contributed by atoms with Crippen LogP contribution in [0.15, 0.2) is 0 Å². The molecule has 0 aromatic carbocycles. The summed E-state index contributed by atoms with van der Waals surface area (Å²) in [6, 6.07) is -0.716. The second-order valence-corrected chi connectivity index (χ2v) is 2.23. The summed E-state index contributed by atoms with van der Waals surface area (Å²) in [7, 11) is 0. The molecule has 0 amide bonds. The van der Waals surface area contributed by atoms with Gasteiger partial charge < -0.3 is 22.1 Å². The third-order valence-electron chi connectivity index (χ3n) is 1.29. The Kier molecular flexibility index (Phi) is 8.80. The van der Waals surface area contributed by atoms with Crippen molar-refractivity contribution in [2.75, 3.05) is 6.54 Å². The van der Waals surface area contributed by atoms with Crippen LogP contribution in [0.3, 0.4) is 0 Å². The van der Waals surface area contributed by atoms with E-state index in [9.17, 15) is 4.79 Å². The molecule has 0 rings (SSSR count). The number of hydrogen-bond donors (Lipinski definition) is 3. The standard InChI is InChI=1S/C6H14N2O2.H2O/c7-4-2-1-3-5(8)6(9)10;/h5H,1-4,7-8H2,(H,9,10);1H2. The van der Waals surface area contributed by atoms with Gasteiger partial charge in [-0.05, 0) is 19.4 Å². The number of hydrogen-bond acceptors (Lipinski definition) is 3. The zero-order valence-electron chi connectivity index (χ0n) is 6.42. The lowest BCUT2D eigenvalue weighted by atomic mass is 10.1. The molecule has 5 nitrogen and oxygen atoms in total. The molecule has 5 heteroatoms. The second-order valence-electron chi connectivity index (χ2n) is 2.23. The fourth-order valence-corrected chi connectivity index (χ4v) is 0.632. The van der Waals surface area contributed by atoms with Gasteiger partial charge in [0.2, 0.25) is 0 Å². The quantitative estimate of drug-likeness (QED) is 0.437. The Hall–Kier alpha value is -0.650. The van der Waals surface area contributed by atoms with Crippen molar-refractivity contribution in [3.8, 4) is 0 Å². The highest BCUT2D eigenvalue weighted by atomic mass is 16.4. The predicted octanol–water partition coefficient (Wildman–Crippen LogP) is -1.30. The molecule has 0 heterocycles. The summed E-state index contributed by atoms with van der Waals surface area (Å²) < 4.78 is 0. The van der Waals surface area contributed by atoms with Crippen LogP contribution in [-0.4, -0.2) is 29.1 Å². The van der Waals surface area contributed by atoms with Gasteiger partial charge in [0, 0.05) is 0 Å². The third kappa shape index (κ3) is 7.24. The molecular formula is C6H16N2O3. The van der Waals surface area contributed by atoms with Crippen molar-refractivity contribution in [3.63, 3.8) is 0 Å². The van der Waals surface area contributed by atoms with E-state index in [4.69, 9.17) is 16.6 Å². The first-order valence-corrected chi connectivity index (χ1v) is 3.37. The molecule has 0 aliphatic rings. The van der Waals surface area contributed by atoms with Crippen molar-refractivity contribution >= 4 is 5.97 Å². The predicted molar refractivity (Wildman–Crippen MR) is 42.1 cm³/mol. The molecule has 0 aromatic heterocycles. The van der Waals surface area contributed by atoms with E-state index in [2.05, 4.69) is 0 Å². The van der Waals surface area contributed by atoms with Crippen molar-refractivity contribution < 1.29 is 15.4 Å². The minimum absolute atomic E-state index is 0. The summed E-state index contributed by atoms with van der Waals surface area (Å²) in [5, 5.41) is 8.33. The number of carboxylic acids is 1. The molecular weight excluding hydrogens is 148 g/mol. The highest BCUT2D eigenvalue weighted by Gasteiger charge is 2.09. The SMILES string of the molecule is NCCCCC(N)C(=O)O.O. The third-order valence-corrected chi connectivity index (χ3v) is 1.29. The Bertz CT molecular complexity index is 108. The summed E-state index contributed by atoms with van der Waals surface area (Å²) in [5.41, 5.74) is 10.4. The molecule has 0 spiro atoms. The summed E-state index contributed by atoms with van der Waals surface area (Å²) in [6.07, 6.45) is 2.16. The Morgan fingerprint density at radius 3 is 2.36 bits per heavy atom. The normalized spacial score (nSPS) is 11.8. The Labute approximate surface area is 65.7 Å². The number of aliphatic carboxylic acids is 1. The molecule has 0 aliphatic carbocycles. The van der Waals surface area contributed by atoms with Crippen LogP contribution in [0.4, 0.5) is 0 Å². The van der Waals surface area contributed by atoms with Gasteiger partial charge in [-0.1, -0.05) is 6.42 Å². The molecule has 1 atom stereocenters. The second kappa shape index (κ2) is 7.46. The smallest absolute Gasteiger partial charge is 0.320 e. The maximum absolute atomic E-state index is 10.1. The number of carboxylic acid groups (broad SMARTS) is 1. The zero-order valence-corrected chi connectivity index (χ0v) is 6.42. The molecule has 0 saturated heterocycles. The van der Waals surface area contributed by atoms with Gasteiger partial charge in [-0.2, -0.15) is 0 Å². The lowest BCUT2D eigenvalue weighted by Gasteiger charge is -2.03. The van der Waals surface area contributed by atoms with Gasteiger partial charge >= 0.3 is 5.97 Å². The van der Waals surface area contributed by atoms with Gasteiger partial charge in [-0.3, -0.25) is 4.79 Å². The van der Waals surface area contributed by atoms with Crippen molar-refractivity contribution in [3.05, 3.63) is 0 Å². The van der Waals surface area contributed by atoms with E-state index in [-0.39, 0.29) is 5.48 Å². The van der Waals surface area contributed by atoms with Crippen molar-refractivity contribution in [1.29, 1.82) is 0 Å². The molecule has 68 valence electrons. The van der Waals surface area contributed by atoms with Crippen LogP contribution in [0.1, 0.15) is 19.3 Å². The first kappa shape index (κ1) is 13.0. The Morgan fingerprint density at radius 2 is 2.00 bits per heavy atom. The lowest BCUT2D eigenvalue weighted by Crippen LogP contribution is -2.29. The van der Waals surface area contributed by atoms with Gasteiger partial charge in [-0.15, -0.1) is 0 Å². The molecule has 0 bridgehead atoms. The molecule has 1 unspecified atom stereocenters. The Morgan fingerprint density at radius 1 is 1.45 bits per heavy atom. The Balaban J connectivity index is 0. The number of nitrogens with two attached hydrogens (primary N) is 2. The average Bonchev–Trinajstić information content (AvgIpc) is 1.88. The van der Waals surface area contributed by atoms with Crippen molar-refractivity contribution in [2.45, 2.75) is 25.3 Å². The van der Waals surface area contributed by atoms with Crippen molar-refractivity contribution in [2.24, 2.45) is 11.5 Å². The van der Waals surface area contributed by atoms with Crippen LogP contribution in [0.25, 0.3) is 0 Å². The molecule has 11 heavy (non-hydrogen) atoms. The van der Waals surface area contributed by atoms with Crippen LogP contribution >= 0.6 is 0 Å². The van der Waals surface area contributed by atoms with E-state index < -0.39 is 12.0 Å². The van der Waals surface area contributed by atoms with E-state index in [1.165, 1.54) is 0 Å². The highest BCUT2D eigenvalue weighted by molar-refractivity contribution is 5.72. The molecule has 0 aliphatic heterocycles. The molecule has 0 aromatic rings. The van der Waals surface area contributed by atoms with Gasteiger partial charge in [0.05, 0.1) is 0 Å².